The number of hydrogen-bond donors (Lipinski definition) is 1. The van der Waals surface area contributed by atoms with E-state index in [1.54, 1.807) is 0 Å². The molecule has 0 bridgehead atoms. The van der Waals surface area contributed by atoms with Gasteiger partial charge in [0, 0.05) is 17.6 Å². The Bertz CT molecular complexity index is 218. The summed E-state index contributed by atoms with van der Waals surface area (Å²) >= 11 is 0. The van der Waals surface area contributed by atoms with Gasteiger partial charge in [-0.25, -0.2) is 0 Å². The van der Waals surface area contributed by atoms with E-state index in [0.717, 1.165) is 12.5 Å². The van der Waals surface area contributed by atoms with Crippen LogP contribution in [0.25, 0.3) is 0 Å². The average Bonchev–Trinajstić information content (AvgIpc) is 2.21. The van der Waals surface area contributed by atoms with Gasteiger partial charge >= 0.3 is 0 Å². The molecule has 0 fully saturated rings. The van der Waals surface area contributed by atoms with Gasteiger partial charge in [-0.2, -0.15) is 0 Å². The molecule has 0 aliphatic carbocycles. The third kappa shape index (κ3) is 7.38. The molecule has 3 atom stereocenters. The van der Waals surface area contributed by atoms with E-state index in [9.17, 15) is 0 Å². The second-order valence-electron chi connectivity index (χ2n) is 7.49. The molecule has 0 rings (SSSR count). The number of rotatable bonds is 7. The van der Waals surface area contributed by atoms with Crippen molar-refractivity contribution in [1.29, 1.82) is 0 Å². The standard InChI is InChI=1S/C16H36N2/c1-12(2)10-14(4)18(9)15(5)13(3)11-17-16(6,7)8/h12-15,17H,10-11H2,1-9H3. The van der Waals surface area contributed by atoms with E-state index in [1.165, 1.54) is 6.42 Å². The molecular formula is C16H36N2. The summed E-state index contributed by atoms with van der Waals surface area (Å²) in [5, 5.41) is 3.61. The summed E-state index contributed by atoms with van der Waals surface area (Å²) in [5.74, 6) is 1.45. The molecule has 0 aliphatic rings. The fraction of sp³-hybridized carbons (Fsp3) is 1.00. The van der Waals surface area contributed by atoms with Crippen molar-refractivity contribution in [1.82, 2.24) is 10.2 Å². The first kappa shape index (κ1) is 17.9. The van der Waals surface area contributed by atoms with Gasteiger partial charge in [0.15, 0.2) is 0 Å². The van der Waals surface area contributed by atoms with Gasteiger partial charge < -0.3 is 10.2 Å². The first-order chi connectivity index (χ1) is 8.04. The maximum Gasteiger partial charge on any atom is 0.0104 e. The summed E-state index contributed by atoms with van der Waals surface area (Å²) in [4.78, 5) is 2.54. The molecule has 3 unspecified atom stereocenters. The van der Waals surface area contributed by atoms with Crippen molar-refractivity contribution < 1.29 is 0 Å². The molecule has 0 heterocycles. The van der Waals surface area contributed by atoms with Crippen LogP contribution >= 0.6 is 0 Å². The lowest BCUT2D eigenvalue weighted by Crippen LogP contribution is -2.46. The van der Waals surface area contributed by atoms with E-state index in [-0.39, 0.29) is 5.54 Å². The summed E-state index contributed by atoms with van der Waals surface area (Å²) in [6, 6.07) is 1.28. The maximum absolute atomic E-state index is 3.61. The summed E-state index contributed by atoms with van der Waals surface area (Å²) < 4.78 is 0. The normalized spacial score (nSPS) is 18.2. The van der Waals surface area contributed by atoms with Crippen molar-refractivity contribution in [2.45, 2.75) is 79.4 Å². The van der Waals surface area contributed by atoms with Gasteiger partial charge in [-0.1, -0.05) is 20.8 Å². The van der Waals surface area contributed by atoms with Crippen LogP contribution in [0.3, 0.4) is 0 Å². The second kappa shape index (κ2) is 7.49. The van der Waals surface area contributed by atoms with Crippen LogP contribution in [-0.2, 0) is 0 Å². The highest BCUT2D eigenvalue weighted by molar-refractivity contribution is 4.79. The highest BCUT2D eigenvalue weighted by atomic mass is 15.2. The SMILES string of the molecule is CC(C)CC(C)N(C)C(C)C(C)CNC(C)(C)C. The molecule has 0 saturated heterocycles. The molecular weight excluding hydrogens is 220 g/mol. The van der Waals surface area contributed by atoms with Gasteiger partial charge in [-0.15, -0.1) is 0 Å². The average molecular weight is 256 g/mol. The summed E-state index contributed by atoms with van der Waals surface area (Å²) in [7, 11) is 2.27. The largest absolute Gasteiger partial charge is 0.312 e. The summed E-state index contributed by atoms with van der Waals surface area (Å²) in [5.41, 5.74) is 0.218. The minimum absolute atomic E-state index is 0.218. The molecule has 0 aromatic carbocycles. The predicted molar refractivity (Wildman–Crippen MR) is 83.1 cm³/mol. The van der Waals surface area contributed by atoms with Crippen molar-refractivity contribution in [2.24, 2.45) is 11.8 Å². The topological polar surface area (TPSA) is 15.3 Å². The molecule has 1 N–H and O–H groups in total. The summed E-state index contributed by atoms with van der Waals surface area (Å²) in [6.07, 6.45) is 1.28. The van der Waals surface area contributed by atoms with Gasteiger partial charge in [0.1, 0.15) is 0 Å². The van der Waals surface area contributed by atoms with Gasteiger partial charge in [-0.3, -0.25) is 0 Å². The van der Waals surface area contributed by atoms with E-state index < -0.39 is 0 Å². The Hall–Kier alpha value is -0.0800. The van der Waals surface area contributed by atoms with Crippen molar-refractivity contribution in [2.75, 3.05) is 13.6 Å². The van der Waals surface area contributed by atoms with E-state index >= 15 is 0 Å². The Morgan fingerprint density at radius 3 is 1.89 bits per heavy atom. The van der Waals surface area contributed by atoms with E-state index in [2.05, 4.69) is 72.7 Å². The maximum atomic E-state index is 3.61. The molecule has 0 aliphatic heterocycles. The van der Waals surface area contributed by atoms with Crippen LogP contribution < -0.4 is 5.32 Å². The fourth-order valence-electron chi connectivity index (χ4n) is 2.29. The molecule has 2 heteroatoms. The van der Waals surface area contributed by atoms with Crippen molar-refractivity contribution >= 4 is 0 Å². The highest BCUT2D eigenvalue weighted by Crippen LogP contribution is 2.17. The lowest BCUT2D eigenvalue weighted by Gasteiger charge is -2.36. The Morgan fingerprint density at radius 1 is 1.00 bits per heavy atom. The third-order valence-corrected chi connectivity index (χ3v) is 3.93. The zero-order valence-electron chi connectivity index (χ0n) is 14.2. The minimum Gasteiger partial charge on any atom is -0.312 e. The Balaban J connectivity index is 4.23. The van der Waals surface area contributed by atoms with Crippen molar-refractivity contribution in [3.05, 3.63) is 0 Å². The quantitative estimate of drug-likeness (QED) is 0.746. The molecule has 0 aromatic heterocycles. The van der Waals surface area contributed by atoms with Crippen LogP contribution in [0.15, 0.2) is 0 Å². The Morgan fingerprint density at radius 2 is 1.50 bits per heavy atom. The minimum atomic E-state index is 0.218. The van der Waals surface area contributed by atoms with Crippen LogP contribution in [-0.4, -0.2) is 36.1 Å². The molecule has 0 saturated carbocycles. The second-order valence-corrected chi connectivity index (χ2v) is 7.49. The summed E-state index contributed by atoms with van der Waals surface area (Å²) in [6.45, 7) is 19.4. The molecule has 0 amide bonds. The van der Waals surface area contributed by atoms with Crippen molar-refractivity contribution in [3.8, 4) is 0 Å². The number of nitrogens with zero attached hydrogens (tertiary/aromatic N) is 1. The number of hydrogen-bond acceptors (Lipinski definition) is 2. The molecule has 2 nitrogen and oxygen atoms in total. The molecule has 110 valence electrons. The first-order valence-corrected chi connectivity index (χ1v) is 7.51. The Labute approximate surface area is 116 Å². The molecule has 0 aromatic rings. The number of nitrogens with one attached hydrogen (secondary N) is 1. The van der Waals surface area contributed by atoms with Crippen LogP contribution in [0.2, 0.25) is 0 Å². The van der Waals surface area contributed by atoms with Crippen LogP contribution in [0.5, 0.6) is 0 Å². The zero-order chi connectivity index (χ0) is 14.5. The predicted octanol–water partition coefficient (Wildman–Crippen LogP) is 3.77. The fourth-order valence-corrected chi connectivity index (χ4v) is 2.29. The Kier molecular flexibility index (Phi) is 7.46. The highest BCUT2D eigenvalue weighted by Gasteiger charge is 2.22. The lowest BCUT2D eigenvalue weighted by molar-refractivity contribution is 0.131. The van der Waals surface area contributed by atoms with Crippen LogP contribution in [0, 0.1) is 11.8 Å². The van der Waals surface area contributed by atoms with E-state index in [1.807, 2.05) is 0 Å². The van der Waals surface area contributed by atoms with Gasteiger partial charge in [0.25, 0.3) is 0 Å². The smallest absolute Gasteiger partial charge is 0.0104 e. The van der Waals surface area contributed by atoms with E-state index in [4.69, 9.17) is 0 Å². The van der Waals surface area contributed by atoms with E-state index in [0.29, 0.717) is 18.0 Å². The molecule has 0 spiro atoms. The third-order valence-electron chi connectivity index (χ3n) is 3.93. The monoisotopic (exact) mass is 256 g/mol. The van der Waals surface area contributed by atoms with Gasteiger partial charge in [0.2, 0.25) is 0 Å². The zero-order valence-corrected chi connectivity index (χ0v) is 14.2. The first-order valence-electron chi connectivity index (χ1n) is 7.51. The molecule has 0 radical (unpaired) electrons. The van der Waals surface area contributed by atoms with Gasteiger partial charge in [0.05, 0.1) is 0 Å². The van der Waals surface area contributed by atoms with Gasteiger partial charge in [-0.05, 0) is 66.5 Å². The van der Waals surface area contributed by atoms with Crippen LogP contribution in [0.4, 0.5) is 0 Å². The molecule has 18 heavy (non-hydrogen) atoms. The van der Waals surface area contributed by atoms with Crippen LogP contribution in [0.1, 0.15) is 61.8 Å². The lowest BCUT2D eigenvalue weighted by atomic mass is 9.97. The van der Waals surface area contributed by atoms with Crippen molar-refractivity contribution in [3.63, 3.8) is 0 Å².